The Bertz CT molecular complexity index is 401. The van der Waals surface area contributed by atoms with Gasteiger partial charge in [0.25, 0.3) is 0 Å². The summed E-state index contributed by atoms with van der Waals surface area (Å²) in [6.07, 6.45) is 4.16. The fraction of sp³-hybridized carbons (Fsp3) is 0.562. The third-order valence-corrected chi connectivity index (χ3v) is 3.79. The molecule has 0 spiro atoms. The second-order valence-electron chi connectivity index (χ2n) is 5.44. The topological polar surface area (TPSA) is 58.4 Å². The molecule has 110 valence electrons. The number of nitrogens with one attached hydrogen (secondary N) is 1. The Labute approximate surface area is 121 Å². The van der Waals surface area contributed by atoms with Gasteiger partial charge in [0.15, 0.2) is 0 Å². The normalized spacial score (nSPS) is 16.9. The minimum atomic E-state index is -0.364. The predicted octanol–water partition coefficient (Wildman–Crippen LogP) is 1.51. The average molecular weight is 275 g/mol. The minimum Gasteiger partial charge on any atom is -0.341 e. The molecule has 1 fully saturated rings. The van der Waals surface area contributed by atoms with Gasteiger partial charge in [-0.1, -0.05) is 30.3 Å². The van der Waals surface area contributed by atoms with Crippen LogP contribution in [0, 0.1) is 0 Å². The molecule has 1 amide bonds. The molecule has 1 atom stereocenters. The maximum Gasteiger partial charge on any atom is 0.239 e. The molecule has 0 saturated carbocycles. The molecule has 1 aliphatic rings. The molecular weight excluding hydrogens is 250 g/mol. The molecule has 4 heteroatoms. The van der Waals surface area contributed by atoms with Crippen LogP contribution < -0.4 is 11.1 Å². The van der Waals surface area contributed by atoms with Crippen LogP contribution in [0.3, 0.4) is 0 Å². The summed E-state index contributed by atoms with van der Waals surface area (Å²) in [4.78, 5) is 14.1. The number of rotatable bonds is 6. The molecule has 0 aliphatic carbocycles. The van der Waals surface area contributed by atoms with Gasteiger partial charge < -0.3 is 16.0 Å². The first-order chi connectivity index (χ1) is 9.77. The summed E-state index contributed by atoms with van der Waals surface area (Å²) in [5, 5.41) is 3.34. The van der Waals surface area contributed by atoms with Gasteiger partial charge in [-0.2, -0.15) is 0 Å². The van der Waals surface area contributed by atoms with Gasteiger partial charge in [-0.15, -0.1) is 0 Å². The number of piperidine rings is 1. The van der Waals surface area contributed by atoms with E-state index in [-0.39, 0.29) is 11.9 Å². The van der Waals surface area contributed by atoms with E-state index >= 15 is 0 Å². The Morgan fingerprint density at radius 3 is 2.60 bits per heavy atom. The fourth-order valence-electron chi connectivity index (χ4n) is 2.56. The Kier molecular flexibility index (Phi) is 6.02. The van der Waals surface area contributed by atoms with Gasteiger partial charge in [0, 0.05) is 19.6 Å². The van der Waals surface area contributed by atoms with Gasteiger partial charge in [0.05, 0.1) is 6.04 Å². The van der Waals surface area contributed by atoms with Gasteiger partial charge in [-0.25, -0.2) is 0 Å². The van der Waals surface area contributed by atoms with E-state index in [4.69, 9.17) is 5.73 Å². The largest absolute Gasteiger partial charge is 0.341 e. The zero-order valence-electron chi connectivity index (χ0n) is 12.1. The van der Waals surface area contributed by atoms with Gasteiger partial charge in [-0.05, 0) is 37.8 Å². The molecule has 1 heterocycles. The lowest BCUT2D eigenvalue weighted by atomic mass is 10.1. The van der Waals surface area contributed by atoms with Gasteiger partial charge in [0.2, 0.25) is 5.91 Å². The molecule has 2 rings (SSSR count). The van der Waals surface area contributed by atoms with E-state index in [0.717, 1.165) is 39.0 Å². The number of carbonyl (C=O) groups excluding carboxylic acids is 1. The van der Waals surface area contributed by atoms with Crippen LogP contribution in [0.5, 0.6) is 0 Å². The number of nitrogens with zero attached hydrogens (tertiary/aromatic N) is 1. The van der Waals surface area contributed by atoms with E-state index < -0.39 is 0 Å². The first-order valence-electron chi connectivity index (χ1n) is 7.56. The first-order valence-corrected chi connectivity index (χ1v) is 7.56. The quantitative estimate of drug-likeness (QED) is 0.774. The number of carbonyl (C=O) groups is 1. The smallest absolute Gasteiger partial charge is 0.239 e. The molecule has 1 aromatic carbocycles. The number of hydrogen-bond acceptors (Lipinski definition) is 3. The van der Waals surface area contributed by atoms with Crippen molar-refractivity contribution in [3.8, 4) is 0 Å². The summed E-state index contributed by atoms with van der Waals surface area (Å²) in [5.41, 5.74) is 7.25. The highest BCUT2D eigenvalue weighted by Crippen LogP contribution is 2.10. The molecule has 4 nitrogen and oxygen atoms in total. The van der Waals surface area contributed by atoms with Crippen molar-refractivity contribution in [3.05, 3.63) is 35.9 Å². The molecular formula is C16H25N3O. The van der Waals surface area contributed by atoms with Gasteiger partial charge >= 0.3 is 0 Å². The Morgan fingerprint density at radius 2 is 1.90 bits per heavy atom. The number of nitrogens with two attached hydrogens (primary N) is 1. The fourth-order valence-corrected chi connectivity index (χ4v) is 2.56. The number of benzene rings is 1. The van der Waals surface area contributed by atoms with Crippen LogP contribution in [-0.4, -0.2) is 36.5 Å². The van der Waals surface area contributed by atoms with Crippen molar-refractivity contribution >= 4 is 5.91 Å². The van der Waals surface area contributed by atoms with Crippen molar-refractivity contribution in [1.82, 2.24) is 10.2 Å². The summed E-state index contributed by atoms with van der Waals surface area (Å²) in [6.45, 7) is 3.36. The van der Waals surface area contributed by atoms with Gasteiger partial charge in [-0.3, -0.25) is 4.79 Å². The van der Waals surface area contributed by atoms with Crippen LogP contribution >= 0.6 is 0 Å². The lowest BCUT2D eigenvalue weighted by Crippen LogP contribution is -2.46. The highest BCUT2D eigenvalue weighted by atomic mass is 16.2. The second kappa shape index (κ2) is 8.02. The third-order valence-electron chi connectivity index (χ3n) is 3.79. The number of hydrogen-bond donors (Lipinski definition) is 2. The molecule has 1 aromatic rings. The molecule has 1 aliphatic heterocycles. The molecule has 0 bridgehead atoms. The van der Waals surface area contributed by atoms with E-state index in [1.165, 1.54) is 12.0 Å². The van der Waals surface area contributed by atoms with Crippen LogP contribution in [0.4, 0.5) is 0 Å². The number of likely N-dealkylation sites (tertiary alicyclic amines) is 1. The standard InChI is InChI=1S/C16H25N3O/c17-15(16(20)19-11-5-2-6-12-19)9-10-18-13-14-7-3-1-4-8-14/h1,3-4,7-8,15,18H,2,5-6,9-13,17H2/t15-/m0/s1. The van der Waals surface area contributed by atoms with Crippen LogP contribution in [0.2, 0.25) is 0 Å². The highest BCUT2D eigenvalue weighted by molar-refractivity contribution is 5.81. The zero-order chi connectivity index (χ0) is 14.2. The summed E-state index contributed by atoms with van der Waals surface area (Å²) in [6, 6.07) is 9.89. The van der Waals surface area contributed by atoms with Crippen molar-refractivity contribution in [2.75, 3.05) is 19.6 Å². The lowest BCUT2D eigenvalue weighted by molar-refractivity contribution is -0.133. The lowest BCUT2D eigenvalue weighted by Gasteiger charge is -2.29. The van der Waals surface area contributed by atoms with Crippen molar-refractivity contribution in [3.63, 3.8) is 0 Å². The molecule has 1 saturated heterocycles. The zero-order valence-corrected chi connectivity index (χ0v) is 12.1. The molecule has 20 heavy (non-hydrogen) atoms. The van der Waals surface area contributed by atoms with Crippen molar-refractivity contribution in [2.24, 2.45) is 5.73 Å². The minimum absolute atomic E-state index is 0.117. The Morgan fingerprint density at radius 1 is 1.20 bits per heavy atom. The second-order valence-corrected chi connectivity index (χ2v) is 5.44. The monoisotopic (exact) mass is 275 g/mol. The molecule has 0 radical (unpaired) electrons. The number of amides is 1. The molecule has 0 aromatic heterocycles. The summed E-state index contributed by atoms with van der Waals surface area (Å²) >= 11 is 0. The van der Waals surface area contributed by atoms with Gasteiger partial charge in [0.1, 0.15) is 0 Å². The Hall–Kier alpha value is -1.39. The predicted molar refractivity (Wildman–Crippen MR) is 81.2 cm³/mol. The van der Waals surface area contributed by atoms with Crippen molar-refractivity contribution < 1.29 is 4.79 Å². The Balaban J connectivity index is 1.64. The van der Waals surface area contributed by atoms with E-state index in [0.29, 0.717) is 6.42 Å². The summed E-state index contributed by atoms with van der Waals surface area (Å²) in [7, 11) is 0. The van der Waals surface area contributed by atoms with E-state index in [9.17, 15) is 4.79 Å². The highest BCUT2D eigenvalue weighted by Gasteiger charge is 2.21. The van der Waals surface area contributed by atoms with E-state index in [2.05, 4.69) is 17.4 Å². The summed E-state index contributed by atoms with van der Waals surface area (Å²) < 4.78 is 0. The first kappa shape index (κ1) is 15.0. The molecule has 3 N–H and O–H groups in total. The molecule has 0 unspecified atom stereocenters. The van der Waals surface area contributed by atoms with E-state index in [1.54, 1.807) is 0 Å². The maximum atomic E-state index is 12.1. The van der Waals surface area contributed by atoms with Crippen LogP contribution in [-0.2, 0) is 11.3 Å². The maximum absolute atomic E-state index is 12.1. The van der Waals surface area contributed by atoms with Crippen molar-refractivity contribution in [1.29, 1.82) is 0 Å². The average Bonchev–Trinajstić information content (AvgIpc) is 2.52. The summed E-state index contributed by atoms with van der Waals surface area (Å²) in [5.74, 6) is 0.117. The van der Waals surface area contributed by atoms with Crippen molar-refractivity contribution in [2.45, 2.75) is 38.3 Å². The van der Waals surface area contributed by atoms with Crippen LogP contribution in [0.15, 0.2) is 30.3 Å². The van der Waals surface area contributed by atoms with E-state index in [1.807, 2.05) is 23.1 Å². The van der Waals surface area contributed by atoms with Crippen LogP contribution in [0.25, 0.3) is 0 Å². The van der Waals surface area contributed by atoms with Crippen LogP contribution in [0.1, 0.15) is 31.2 Å². The third kappa shape index (κ3) is 4.62. The SMILES string of the molecule is N[C@@H](CCNCc1ccccc1)C(=O)N1CCCCC1.